The van der Waals surface area contributed by atoms with E-state index < -0.39 is 0 Å². The van der Waals surface area contributed by atoms with Crippen LogP contribution in [0, 0.1) is 0 Å². The fraction of sp³-hybridized carbons (Fsp3) is 0.0400. The molecule has 3 N–H and O–H groups in total. The summed E-state index contributed by atoms with van der Waals surface area (Å²) in [7, 11) is 0. The molecule has 0 fully saturated rings. The molecule has 1 atom stereocenters. The largest absolute Gasteiger partial charge is 0.396 e. The van der Waals surface area contributed by atoms with E-state index in [4.69, 9.17) is 10.7 Å². The summed E-state index contributed by atoms with van der Waals surface area (Å²) in [6.07, 6.45) is 0. The van der Waals surface area contributed by atoms with Crippen molar-refractivity contribution in [1.82, 2.24) is 25.6 Å². The Hall–Kier alpha value is -3.97. The molecule has 0 aliphatic rings. The minimum absolute atomic E-state index is 0.209. The van der Waals surface area contributed by atoms with Crippen molar-refractivity contribution in [2.24, 2.45) is 0 Å². The summed E-state index contributed by atoms with van der Waals surface area (Å²) >= 11 is 1.52. The first kappa shape index (κ1) is 20.0. The third-order valence-corrected chi connectivity index (χ3v) is 6.36. The van der Waals surface area contributed by atoms with E-state index in [1.54, 1.807) is 0 Å². The number of aromatic nitrogens is 5. The van der Waals surface area contributed by atoms with E-state index in [1.165, 1.54) is 11.8 Å². The molecule has 3 aromatic carbocycles. The van der Waals surface area contributed by atoms with Gasteiger partial charge in [-0.1, -0.05) is 108 Å². The van der Waals surface area contributed by atoms with E-state index in [0.29, 0.717) is 11.5 Å². The van der Waals surface area contributed by atoms with Crippen LogP contribution in [0.15, 0.2) is 102 Å². The van der Waals surface area contributed by atoms with Crippen LogP contribution in [0.4, 0.5) is 5.69 Å². The second kappa shape index (κ2) is 9.03. The molecule has 0 radical (unpaired) electrons. The number of H-pyrrole nitrogens is 1. The molecule has 0 aliphatic carbocycles. The van der Waals surface area contributed by atoms with Gasteiger partial charge in [0.2, 0.25) is 0 Å². The zero-order valence-electron chi connectivity index (χ0n) is 17.1. The van der Waals surface area contributed by atoms with E-state index in [-0.39, 0.29) is 5.25 Å². The Labute approximate surface area is 189 Å². The van der Waals surface area contributed by atoms with Crippen LogP contribution in [0.1, 0.15) is 16.6 Å². The number of hydrogen-bond acceptors (Lipinski definition) is 6. The van der Waals surface area contributed by atoms with Gasteiger partial charge in [-0.05, 0) is 17.2 Å². The fourth-order valence-electron chi connectivity index (χ4n) is 3.52. The number of anilines is 1. The molecule has 0 spiro atoms. The van der Waals surface area contributed by atoms with E-state index in [2.05, 4.69) is 51.0 Å². The standard InChI is InChI=1S/C25H20N6S/c26-22-20(17-10-4-1-5-11-17)16-21(18-12-6-2-7-13-18)27-25(22)32-23(24-28-30-31-29-24)19-14-8-3-9-15-19/h1-16,23H,26H2,(H,28,29,30,31). The first-order chi connectivity index (χ1) is 15.8. The van der Waals surface area contributed by atoms with Gasteiger partial charge in [0.25, 0.3) is 0 Å². The second-order valence-electron chi connectivity index (χ2n) is 7.18. The zero-order valence-corrected chi connectivity index (χ0v) is 17.9. The van der Waals surface area contributed by atoms with Gasteiger partial charge >= 0.3 is 0 Å². The monoisotopic (exact) mass is 436 g/mol. The molecule has 6 nitrogen and oxygen atoms in total. The van der Waals surface area contributed by atoms with Crippen molar-refractivity contribution in [3.8, 4) is 22.4 Å². The van der Waals surface area contributed by atoms with Crippen LogP contribution in [0.25, 0.3) is 22.4 Å². The average Bonchev–Trinajstić information content (AvgIpc) is 3.40. The van der Waals surface area contributed by atoms with E-state index >= 15 is 0 Å². The molecule has 0 saturated heterocycles. The Morgan fingerprint density at radius 2 is 1.41 bits per heavy atom. The highest BCUT2D eigenvalue weighted by Crippen LogP contribution is 2.44. The molecule has 2 aromatic heterocycles. The Morgan fingerprint density at radius 3 is 2.03 bits per heavy atom. The fourth-order valence-corrected chi connectivity index (χ4v) is 4.63. The van der Waals surface area contributed by atoms with Crippen LogP contribution in [0.2, 0.25) is 0 Å². The van der Waals surface area contributed by atoms with E-state index in [1.807, 2.05) is 66.7 Å². The first-order valence-electron chi connectivity index (χ1n) is 10.2. The number of nitrogens with two attached hydrogens (primary N) is 1. The normalized spacial score (nSPS) is 11.9. The van der Waals surface area contributed by atoms with Crippen LogP contribution in [0.3, 0.4) is 0 Å². The van der Waals surface area contributed by atoms with Crippen molar-refractivity contribution in [3.05, 3.63) is 108 Å². The molecule has 156 valence electrons. The number of benzene rings is 3. The van der Waals surface area contributed by atoms with Crippen molar-refractivity contribution in [2.75, 3.05) is 5.73 Å². The molecular formula is C25H20N6S. The Morgan fingerprint density at radius 1 is 0.781 bits per heavy atom. The highest BCUT2D eigenvalue weighted by Gasteiger charge is 2.24. The van der Waals surface area contributed by atoms with Gasteiger partial charge in [-0.3, -0.25) is 0 Å². The summed E-state index contributed by atoms with van der Waals surface area (Å²) < 4.78 is 0. The van der Waals surface area contributed by atoms with Crippen LogP contribution < -0.4 is 5.73 Å². The summed E-state index contributed by atoms with van der Waals surface area (Å²) in [5.74, 6) is 0.578. The molecule has 1 unspecified atom stereocenters. The summed E-state index contributed by atoms with van der Waals surface area (Å²) in [5, 5.41) is 15.3. The minimum atomic E-state index is -0.209. The molecule has 32 heavy (non-hydrogen) atoms. The molecule has 5 aromatic rings. The molecule has 7 heteroatoms. The predicted octanol–water partition coefficient (Wildman–Crippen LogP) is 5.39. The van der Waals surface area contributed by atoms with Crippen molar-refractivity contribution >= 4 is 17.4 Å². The minimum Gasteiger partial charge on any atom is -0.396 e. The van der Waals surface area contributed by atoms with Crippen molar-refractivity contribution < 1.29 is 0 Å². The van der Waals surface area contributed by atoms with Crippen molar-refractivity contribution in [3.63, 3.8) is 0 Å². The topological polar surface area (TPSA) is 93.4 Å². The Kier molecular flexibility index (Phi) is 5.63. The summed E-state index contributed by atoms with van der Waals surface area (Å²) in [6.45, 7) is 0. The van der Waals surface area contributed by atoms with Gasteiger partial charge in [-0.15, -0.1) is 10.2 Å². The van der Waals surface area contributed by atoms with Gasteiger partial charge in [0.05, 0.1) is 16.6 Å². The lowest BCUT2D eigenvalue weighted by Gasteiger charge is -2.17. The number of thioether (sulfide) groups is 1. The molecule has 0 bridgehead atoms. The number of nitrogens with one attached hydrogen (secondary N) is 1. The lowest BCUT2D eigenvalue weighted by molar-refractivity contribution is 0.881. The zero-order chi connectivity index (χ0) is 21.8. The highest BCUT2D eigenvalue weighted by molar-refractivity contribution is 7.99. The summed E-state index contributed by atoms with van der Waals surface area (Å²) in [4.78, 5) is 4.96. The Balaban J connectivity index is 1.65. The molecule has 2 heterocycles. The Bertz CT molecular complexity index is 1290. The first-order valence-corrected chi connectivity index (χ1v) is 11.0. The maximum absolute atomic E-state index is 6.69. The van der Waals surface area contributed by atoms with E-state index in [0.717, 1.165) is 33.0 Å². The van der Waals surface area contributed by atoms with Crippen molar-refractivity contribution in [1.29, 1.82) is 0 Å². The summed E-state index contributed by atoms with van der Waals surface area (Å²) in [6, 6.07) is 32.4. The second-order valence-corrected chi connectivity index (χ2v) is 8.28. The maximum atomic E-state index is 6.69. The van der Waals surface area contributed by atoms with Crippen LogP contribution in [0.5, 0.6) is 0 Å². The highest BCUT2D eigenvalue weighted by atomic mass is 32.2. The lowest BCUT2D eigenvalue weighted by atomic mass is 10.0. The third kappa shape index (κ3) is 4.10. The lowest BCUT2D eigenvalue weighted by Crippen LogP contribution is -2.04. The van der Waals surface area contributed by atoms with Crippen LogP contribution >= 0.6 is 11.8 Å². The van der Waals surface area contributed by atoms with Gasteiger partial charge in [0, 0.05) is 11.1 Å². The predicted molar refractivity (Wildman–Crippen MR) is 128 cm³/mol. The SMILES string of the molecule is Nc1c(-c2ccccc2)cc(-c2ccccc2)nc1SC(c1ccccc1)c1nn[nH]n1. The van der Waals surface area contributed by atoms with Gasteiger partial charge < -0.3 is 5.73 Å². The van der Waals surface area contributed by atoms with Gasteiger partial charge in [-0.2, -0.15) is 5.21 Å². The molecule has 5 rings (SSSR count). The smallest absolute Gasteiger partial charge is 0.192 e. The van der Waals surface area contributed by atoms with Crippen molar-refractivity contribution in [2.45, 2.75) is 10.3 Å². The molecule has 0 amide bonds. The number of pyridine rings is 1. The molecule has 0 saturated carbocycles. The quantitative estimate of drug-likeness (QED) is 0.347. The van der Waals surface area contributed by atoms with Gasteiger partial charge in [-0.25, -0.2) is 4.98 Å². The number of aromatic amines is 1. The summed E-state index contributed by atoms with van der Waals surface area (Å²) in [5.41, 5.74) is 12.3. The number of nitrogens with zero attached hydrogens (tertiary/aromatic N) is 4. The van der Waals surface area contributed by atoms with E-state index in [9.17, 15) is 0 Å². The van der Waals surface area contributed by atoms with Gasteiger partial charge in [0.1, 0.15) is 5.03 Å². The van der Waals surface area contributed by atoms with Crippen LogP contribution in [-0.2, 0) is 0 Å². The number of rotatable bonds is 6. The van der Waals surface area contributed by atoms with Gasteiger partial charge in [0.15, 0.2) is 5.82 Å². The third-order valence-electron chi connectivity index (χ3n) is 5.11. The molecule has 0 aliphatic heterocycles. The maximum Gasteiger partial charge on any atom is 0.192 e. The molecular weight excluding hydrogens is 416 g/mol. The number of hydrogen-bond donors (Lipinski definition) is 2. The number of tetrazole rings is 1. The average molecular weight is 437 g/mol. The number of nitrogen functional groups attached to an aromatic ring is 1. The van der Waals surface area contributed by atoms with Crippen LogP contribution in [-0.4, -0.2) is 25.6 Å².